The number of anilines is 1. The van der Waals surface area contributed by atoms with E-state index in [2.05, 4.69) is 10.6 Å². The maximum atomic E-state index is 12.4. The molecular formula is C23H25N3O5. The molecule has 0 aliphatic carbocycles. The van der Waals surface area contributed by atoms with Gasteiger partial charge >= 0.3 is 12.0 Å². The van der Waals surface area contributed by atoms with Gasteiger partial charge in [0, 0.05) is 18.8 Å². The van der Waals surface area contributed by atoms with Crippen molar-refractivity contribution in [3.63, 3.8) is 0 Å². The number of nitrogens with zero attached hydrogens (tertiary/aromatic N) is 1. The van der Waals surface area contributed by atoms with E-state index in [9.17, 15) is 19.2 Å². The molecule has 8 nitrogen and oxygen atoms in total. The zero-order valence-electron chi connectivity index (χ0n) is 17.1. The molecule has 1 saturated heterocycles. The Labute approximate surface area is 180 Å². The number of carbonyl (C=O) groups excluding carboxylic acids is 4. The molecule has 0 bridgehead atoms. The van der Waals surface area contributed by atoms with Gasteiger partial charge in [-0.1, -0.05) is 48.5 Å². The van der Waals surface area contributed by atoms with Crippen LogP contribution in [0.2, 0.25) is 0 Å². The van der Waals surface area contributed by atoms with Crippen molar-refractivity contribution >= 4 is 29.5 Å². The molecule has 4 amide bonds. The standard InChI is InChI=1S/C23H25N3O5/c27-20(14-17-8-3-1-4-9-17)25-21(28)16-31-22(29)18-10-7-13-26(15-18)23(30)24-19-11-5-2-6-12-19/h1-6,8-9,11-12,18H,7,10,13-16H2,(H,24,30)(H,25,27,28). The monoisotopic (exact) mass is 423 g/mol. The van der Waals surface area contributed by atoms with Crippen LogP contribution in [0.4, 0.5) is 10.5 Å². The van der Waals surface area contributed by atoms with E-state index in [4.69, 9.17) is 4.74 Å². The average Bonchev–Trinajstić information content (AvgIpc) is 2.79. The Morgan fingerprint density at radius 2 is 1.61 bits per heavy atom. The number of rotatable bonds is 6. The molecule has 0 saturated carbocycles. The van der Waals surface area contributed by atoms with Gasteiger partial charge in [0.15, 0.2) is 6.61 Å². The van der Waals surface area contributed by atoms with Crippen molar-refractivity contribution < 1.29 is 23.9 Å². The van der Waals surface area contributed by atoms with Gasteiger partial charge in [0.25, 0.3) is 5.91 Å². The number of esters is 1. The van der Waals surface area contributed by atoms with Gasteiger partial charge in [-0.15, -0.1) is 0 Å². The zero-order chi connectivity index (χ0) is 22.1. The minimum absolute atomic E-state index is 0.0641. The van der Waals surface area contributed by atoms with E-state index in [0.29, 0.717) is 25.1 Å². The molecule has 0 aromatic heterocycles. The molecule has 0 spiro atoms. The van der Waals surface area contributed by atoms with E-state index in [0.717, 1.165) is 5.56 Å². The number of ether oxygens (including phenoxy) is 1. The Morgan fingerprint density at radius 3 is 2.32 bits per heavy atom. The molecule has 2 aromatic carbocycles. The topological polar surface area (TPSA) is 105 Å². The summed E-state index contributed by atoms with van der Waals surface area (Å²) >= 11 is 0. The van der Waals surface area contributed by atoms with Crippen LogP contribution in [0, 0.1) is 5.92 Å². The van der Waals surface area contributed by atoms with Crippen LogP contribution in [0.1, 0.15) is 18.4 Å². The molecule has 2 N–H and O–H groups in total. The SMILES string of the molecule is O=C(COC(=O)C1CCCN(C(=O)Nc2ccccc2)C1)NC(=O)Cc1ccccc1. The minimum Gasteiger partial charge on any atom is -0.455 e. The largest absolute Gasteiger partial charge is 0.455 e. The number of likely N-dealkylation sites (tertiary alicyclic amines) is 1. The van der Waals surface area contributed by atoms with Crippen molar-refractivity contribution in [1.82, 2.24) is 10.2 Å². The van der Waals surface area contributed by atoms with Gasteiger partial charge in [-0.25, -0.2) is 4.79 Å². The molecule has 1 heterocycles. The molecule has 1 atom stereocenters. The number of urea groups is 1. The average molecular weight is 423 g/mol. The third-order valence-electron chi connectivity index (χ3n) is 4.90. The summed E-state index contributed by atoms with van der Waals surface area (Å²) in [5.41, 5.74) is 1.45. The number of hydrogen-bond acceptors (Lipinski definition) is 5. The first-order chi connectivity index (χ1) is 15.0. The van der Waals surface area contributed by atoms with Crippen molar-refractivity contribution in [2.45, 2.75) is 19.3 Å². The highest BCUT2D eigenvalue weighted by Crippen LogP contribution is 2.19. The van der Waals surface area contributed by atoms with Crippen LogP contribution < -0.4 is 10.6 Å². The quantitative estimate of drug-likeness (QED) is 0.694. The van der Waals surface area contributed by atoms with E-state index in [1.54, 1.807) is 41.3 Å². The van der Waals surface area contributed by atoms with Crippen molar-refractivity contribution in [1.29, 1.82) is 0 Å². The van der Waals surface area contributed by atoms with Gasteiger partial charge in [0.1, 0.15) is 0 Å². The molecule has 1 aliphatic rings. The predicted octanol–water partition coefficient (Wildman–Crippen LogP) is 2.36. The Morgan fingerprint density at radius 1 is 0.935 bits per heavy atom. The number of para-hydroxylation sites is 1. The Bertz CT molecular complexity index is 917. The fraction of sp³-hybridized carbons (Fsp3) is 0.304. The van der Waals surface area contributed by atoms with Crippen molar-refractivity contribution in [3.8, 4) is 0 Å². The second kappa shape index (κ2) is 10.9. The summed E-state index contributed by atoms with van der Waals surface area (Å²) in [5.74, 6) is -2.21. The molecule has 0 radical (unpaired) electrons. The summed E-state index contributed by atoms with van der Waals surface area (Å²) in [4.78, 5) is 50.2. The third-order valence-corrected chi connectivity index (χ3v) is 4.90. The second-order valence-corrected chi connectivity index (χ2v) is 7.32. The van der Waals surface area contributed by atoms with Gasteiger partial charge < -0.3 is 15.0 Å². The zero-order valence-corrected chi connectivity index (χ0v) is 17.1. The number of benzene rings is 2. The highest BCUT2D eigenvalue weighted by Gasteiger charge is 2.30. The summed E-state index contributed by atoms with van der Waals surface area (Å²) < 4.78 is 5.08. The Kier molecular flexibility index (Phi) is 7.75. The lowest BCUT2D eigenvalue weighted by molar-refractivity contribution is -0.154. The van der Waals surface area contributed by atoms with Gasteiger partial charge in [0.05, 0.1) is 12.3 Å². The lowest BCUT2D eigenvalue weighted by Crippen LogP contribution is -2.45. The number of nitrogens with one attached hydrogen (secondary N) is 2. The van der Waals surface area contributed by atoms with E-state index < -0.39 is 30.3 Å². The highest BCUT2D eigenvalue weighted by molar-refractivity contribution is 5.97. The van der Waals surface area contributed by atoms with Crippen molar-refractivity contribution in [3.05, 3.63) is 66.2 Å². The first kappa shape index (κ1) is 22.0. The maximum Gasteiger partial charge on any atom is 0.321 e. The molecule has 8 heteroatoms. The third kappa shape index (κ3) is 6.95. The number of hydrogen-bond donors (Lipinski definition) is 2. The fourth-order valence-electron chi connectivity index (χ4n) is 3.35. The number of imide groups is 1. The molecule has 3 rings (SSSR count). The highest BCUT2D eigenvalue weighted by atomic mass is 16.5. The minimum atomic E-state index is -0.677. The number of piperidine rings is 1. The van der Waals surface area contributed by atoms with Crippen LogP contribution in [0.5, 0.6) is 0 Å². The lowest BCUT2D eigenvalue weighted by atomic mass is 9.98. The van der Waals surface area contributed by atoms with E-state index >= 15 is 0 Å². The summed E-state index contributed by atoms with van der Waals surface area (Å²) in [6, 6.07) is 17.8. The van der Waals surface area contributed by atoms with E-state index in [1.807, 2.05) is 24.3 Å². The van der Waals surface area contributed by atoms with Crippen molar-refractivity contribution in [2.24, 2.45) is 5.92 Å². The summed E-state index contributed by atoms with van der Waals surface area (Å²) in [6.07, 6.45) is 1.29. The molecule has 2 aromatic rings. The van der Waals surface area contributed by atoms with E-state index in [-0.39, 0.29) is 19.0 Å². The van der Waals surface area contributed by atoms with Crippen LogP contribution in [-0.2, 0) is 25.5 Å². The Balaban J connectivity index is 1.41. The van der Waals surface area contributed by atoms with Crippen LogP contribution in [-0.4, -0.2) is 48.4 Å². The van der Waals surface area contributed by atoms with Crippen LogP contribution in [0.15, 0.2) is 60.7 Å². The molecular weight excluding hydrogens is 398 g/mol. The van der Waals surface area contributed by atoms with Crippen LogP contribution >= 0.6 is 0 Å². The maximum absolute atomic E-state index is 12.4. The molecule has 162 valence electrons. The van der Waals surface area contributed by atoms with Crippen molar-refractivity contribution in [2.75, 3.05) is 25.0 Å². The smallest absolute Gasteiger partial charge is 0.321 e. The van der Waals surface area contributed by atoms with Gasteiger partial charge in [0.2, 0.25) is 5.91 Å². The number of amides is 4. The van der Waals surface area contributed by atoms with E-state index in [1.165, 1.54) is 0 Å². The molecule has 31 heavy (non-hydrogen) atoms. The predicted molar refractivity (Wildman–Crippen MR) is 114 cm³/mol. The molecule has 1 fully saturated rings. The summed E-state index contributed by atoms with van der Waals surface area (Å²) in [5, 5.41) is 5.01. The molecule has 1 unspecified atom stereocenters. The first-order valence-corrected chi connectivity index (χ1v) is 10.2. The molecule has 1 aliphatic heterocycles. The summed E-state index contributed by atoms with van der Waals surface area (Å²) in [6.45, 7) is 0.217. The van der Waals surface area contributed by atoms with Gasteiger partial charge in [-0.2, -0.15) is 0 Å². The Hall–Kier alpha value is -3.68. The fourth-order valence-corrected chi connectivity index (χ4v) is 3.35. The van der Waals surface area contributed by atoms with Gasteiger partial charge in [-0.05, 0) is 30.5 Å². The first-order valence-electron chi connectivity index (χ1n) is 10.2. The lowest BCUT2D eigenvalue weighted by Gasteiger charge is -2.31. The normalized spacial score (nSPS) is 15.6. The number of carbonyl (C=O) groups is 4. The van der Waals surface area contributed by atoms with Crippen LogP contribution in [0.25, 0.3) is 0 Å². The van der Waals surface area contributed by atoms with Crippen LogP contribution in [0.3, 0.4) is 0 Å². The second-order valence-electron chi connectivity index (χ2n) is 7.32. The van der Waals surface area contributed by atoms with Gasteiger partial charge in [-0.3, -0.25) is 19.7 Å². The summed E-state index contributed by atoms with van der Waals surface area (Å²) in [7, 11) is 0.